The maximum atomic E-state index is 13.9. The lowest BCUT2D eigenvalue weighted by Crippen LogP contribution is -2.46. The van der Waals surface area contributed by atoms with E-state index in [-0.39, 0.29) is 29.0 Å². The Morgan fingerprint density at radius 1 is 0.984 bits per heavy atom. The molecule has 0 bridgehead atoms. The fourth-order valence-corrected chi connectivity index (χ4v) is 8.93. The number of carbonyl (C=O) groups excluding carboxylic acids is 1. The first-order valence-corrected chi connectivity index (χ1v) is 22.7. The van der Waals surface area contributed by atoms with Gasteiger partial charge in [-0.1, -0.05) is 23.7 Å². The molecule has 17 heteroatoms. The highest BCUT2D eigenvalue weighted by Crippen LogP contribution is 2.35. The normalized spacial score (nSPS) is 15.1. The quantitative estimate of drug-likeness (QED) is 0.0661. The van der Waals surface area contributed by atoms with E-state index in [0.717, 1.165) is 65.3 Å². The van der Waals surface area contributed by atoms with Crippen LogP contribution in [0.5, 0.6) is 17.4 Å². The number of ether oxygens (including phenoxy) is 3. The van der Waals surface area contributed by atoms with E-state index in [9.17, 15) is 23.3 Å². The molecular formula is C46H48ClN7O8S. The first-order valence-electron chi connectivity index (χ1n) is 20.8. The number of H-pyrrole nitrogens is 1. The number of aromatic nitrogens is 2. The topological polar surface area (TPSA) is 181 Å². The molecule has 8 rings (SSSR count). The van der Waals surface area contributed by atoms with Gasteiger partial charge in [-0.15, -0.1) is 0 Å². The van der Waals surface area contributed by atoms with Crippen LogP contribution in [0.3, 0.4) is 0 Å². The highest BCUT2D eigenvalue weighted by molar-refractivity contribution is 7.90. The smallest absolute Gasteiger partial charge is 0.293 e. The van der Waals surface area contributed by atoms with E-state index in [4.69, 9.17) is 25.8 Å². The molecule has 0 aliphatic carbocycles. The lowest BCUT2D eigenvalue weighted by atomic mass is 10.0. The molecule has 2 aliphatic rings. The summed E-state index contributed by atoms with van der Waals surface area (Å²) in [7, 11) is -4.56. The summed E-state index contributed by atoms with van der Waals surface area (Å²) in [6.45, 7) is 9.07. The number of anilines is 2. The number of pyridine rings is 1. The van der Waals surface area contributed by atoms with Crippen molar-refractivity contribution in [3.05, 3.63) is 130 Å². The van der Waals surface area contributed by atoms with E-state index in [2.05, 4.69) is 29.8 Å². The van der Waals surface area contributed by atoms with E-state index >= 15 is 0 Å². The number of nitrogens with one attached hydrogen (secondary N) is 3. The number of rotatable bonds is 15. The largest absolute Gasteiger partial charge is 0.475 e. The molecule has 6 aromatic rings. The molecule has 0 saturated carbocycles. The molecule has 0 unspecified atom stereocenters. The summed E-state index contributed by atoms with van der Waals surface area (Å²) in [4.78, 5) is 37.2. The summed E-state index contributed by atoms with van der Waals surface area (Å²) >= 11 is 6.22. The van der Waals surface area contributed by atoms with E-state index in [1.165, 1.54) is 18.2 Å². The van der Waals surface area contributed by atoms with E-state index < -0.39 is 31.4 Å². The van der Waals surface area contributed by atoms with Gasteiger partial charge in [0.1, 0.15) is 17.2 Å². The molecule has 0 spiro atoms. The third kappa shape index (κ3) is 10.5. The van der Waals surface area contributed by atoms with Crippen LogP contribution < -0.4 is 24.4 Å². The van der Waals surface area contributed by atoms with E-state index in [0.29, 0.717) is 56.0 Å². The lowest BCUT2D eigenvalue weighted by Gasteiger charge is -2.36. The highest BCUT2D eigenvalue weighted by atomic mass is 35.5. The van der Waals surface area contributed by atoms with E-state index in [1.54, 1.807) is 18.2 Å². The molecule has 2 aromatic heterocycles. The number of nitro groups is 1. The standard InChI is InChI=1S/C46H48ClN7O8S/c1-30(2)61-45-26-40(32-3-5-35(47)6-4-32)34(28-50-45)29-52-17-19-53(20-18-52)36-7-10-39(44(24-36)62-37-8-11-41-33(23-37)13-16-48-41)46(55)51-63(58,59)38-9-12-42(43(25-38)54(56)57)49-27-31-14-21-60-22-15-31/h3-13,16,23-26,28,30-31,48-49H,14-15,17-22,27,29H2,1-2H3,(H,51,55). The van der Waals surface area contributed by atoms with Gasteiger partial charge in [0.25, 0.3) is 21.6 Å². The number of nitrogens with zero attached hydrogens (tertiary/aromatic N) is 4. The van der Waals surface area contributed by atoms with Crippen LogP contribution in [0.1, 0.15) is 42.6 Å². The van der Waals surface area contributed by atoms with Crippen LogP contribution >= 0.6 is 11.6 Å². The molecule has 4 aromatic carbocycles. The second kappa shape index (κ2) is 19.0. The van der Waals surface area contributed by atoms with Gasteiger partial charge in [0.05, 0.1) is 21.5 Å². The van der Waals surface area contributed by atoms with Crippen LogP contribution in [0.15, 0.2) is 108 Å². The molecule has 2 aliphatic heterocycles. The van der Waals surface area contributed by atoms with Crippen molar-refractivity contribution < 1.29 is 32.3 Å². The number of sulfonamides is 1. The molecule has 2 fully saturated rings. The molecule has 63 heavy (non-hydrogen) atoms. The zero-order valence-corrected chi connectivity index (χ0v) is 36.5. The van der Waals surface area contributed by atoms with Crippen LogP contribution in [0, 0.1) is 16.0 Å². The number of hydrogen-bond acceptors (Lipinski definition) is 12. The van der Waals surface area contributed by atoms with Crippen molar-refractivity contribution in [2.24, 2.45) is 5.92 Å². The van der Waals surface area contributed by atoms with Gasteiger partial charge in [-0.2, -0.15) is 0 Å². The Bertz CT molecular complexity index is 2720. The number of aromatic amines is 1. The van der Waals surface area contributed by atoms with Crippen LogP contribution in [0.25, 0.3) is 22.0 Å². The number of hydrogen-bond donors (Lipinski definition) is 3. The highest BCUT2D eigenvalue weighted by Gasteiger charge is 2.27. The van der Waals surface area contributed by atoms with E-state index in [1.807, 2.05) is 74.8 Å². The molecule has 2 saturated heterocycles. The Morgan fingerprint density at radius 3 is 2.51 bits per heavy atom. The second-order valence-electron chi connectivity index (χ2n) is 15.9. The Kier molecular flexibility index (Phi) is 13.1. The summed E-state index contributed by atoms with van der Waals surface area (Å²) in [5.41, 5.74) is 4.49. The number of piperazine rings is 1. The van der Waals surface area contributed by atoms with Gasteiger partial charge >= 0.3 is 0 Å². The number of fused-ring (bicyclic) bond motifs is 1. The zero-order chi connectivity index (χ0) is 44.1. The van der Waals surface area contributed by atoms with Crippen molar-refractivity contribution in [2.45, 2.75) is 44.2 Å². The van der Waals surface area contributed by atoms with Crippen molar-refractivity contribution in [3.63, 3.8) is 0 Å². The second-order valence-corrected chi connectivity index (χ2v) is 18.1. The minimum atomic E-state index is -4.56. The summed E-state index contributed by atoms with van der Waals surface area (Å²) < 4.78 is 47.2. The Balaban J connectivity index is 1.00. The van der Waals surface area contributed by atoms with Gasteiger partial charge in [0.2, 0.25) is 5.88 Å². The summed E-state index contributed by atoms with van der Waals surface area (Å²) in [5.74, 6) is 0.443. The predicted octanol–water partition coefficient (Wildman–Crippen LogP) is 8.65. The molecular weight excluding hydrogens is 846 g/mol. The minimum Gasteiger partial charge on any atom is -0.475 e. The molecule has 1 amide bonds. The number of nitro benzene ring substituents is 1. The monoisotopic (exact) mass is 893 g/mol. The SMILES string of the molecule is CC(C)Oc1cc(-c2ccc(Cl)cc2)c(CN2CCN(c3ccc(C(=O)NS(=O)(=O)c4ccc(NCC5CCOCC5)c([N+](=O)[O-])c4)c(Oc4ccc5[nH]ccc5c4)c3)CC2)cn1. The van der Waals surface area contributed by atoms with Crippen LogP contribution in [0.2, 0.25) is 5.02 Å². The van der Waals surface area contributed by atoms with Crippen LogP contribution in [0.4, 0.5) is 17.1 Å². The van der Waals surface area contributed by atoms with Gasteiger partial charge in [0, 0.05) is 105 Å². The summed E-state index contributed by atoms with van der Waals surface area (Å²) in [6.07, 6.45) is 5.29. The first kappa shape index (κ1) is 43.4. The zero-order valence-electron chi connectivity index (χ0n) is 34.9. The van der Waals surface area contributed by atoms with Gasteiger partial charge < -0.3 is 29.4 Å². The van der Waals surface area contributed by atoms with Gasteiger partial charge in [-0.25, -0.2) is 18.1 Å². The van der Waals surface area contributed by atoms with Crippen molar-refractivity contribution >= 4 is 55.5 Å². The maximum absolute atomic E-state index is 13.9. The number of amides is 1. The Morgan fingerprint density at radius 2 is 1.76 bits per heavy atom. The Labute approximate surface area is 370 Å². The number of benzene rings is 4. The van der Waals surface area contributed by atoms with Gasteiger partial charge in [-0.05, 0) is 110 Å². The van der Waals surface area contributed by atoms with Crippen LogP contribution in [-0.2, 0) is 21.3 Å². The first-order chi connectivity index (χ1) is 30.4. The summed E-state index contributed by atoms with van der Waals surface area (Å²) in [5, 5.41) is 16.7. The van der Waals surface area contributed by atoms with Crippen molar-refractivity contribution in [1.82, 2.24) is 19.6 Å². The van der Waals surface area contributed by atoms with Gasteiger partial charge in [-0.3, -0.25) is 19.8 Å². The fourth-order valence-electron chi connectivity index (χ4n) is 7.82. The molecule has 0 atom stereocenters. The fraction of sp³-hybridized carbons (Fsp3) is 0.304. The average molecular weight is 894 g/mol. The lowest BCUT2D eigenvalue weighted by molar-refractivity contribution is -0.384. The summed E-state index contributed by atoms with van der Waals surface area (Å²) in [6, 6.07) is 25.6. The minimum absolute atomic E-state index is 0.0238. The van der Waals surface area contributed by atoms with Crippen molar-refractivity contribution in [2.75, 3.05) is 56.2 Å². The van der Waals surface area contributed by atoms with Crippen molar-refractivity contribution in [3.8, 4) is 28.5 Å². The van der Waals surface area contributed by atoms with Gasteiger partial charge in [0.15, 0.2) is 0 Å². The number of halogens is 1. The third-order valence-corrected chi connectivity index (χ3v) is 12.8. The maximum Gasteiger partial charge on any atom is 0.293 e. The average Bonchev–Trinajstić information content (AvgIpc) is 3.75. The molecule has 0 radical (unpaired) electrons. The van der Waals surface area contributed by atoms with Crippen LogP contribution in [-0.4, -0.2) is 86.2 Å². The molecule has 4 heterocycles. The molecule has 15 nitrogen and oxygen atoms in total. The third-order valence-electron chi connectivity index (χ3n) is 11.2. The molecule has 3 N–H and O–H groups in total. The van der Waals surface area contributed by atoms with Crippen molar-refractivity contribution in [1.29, 1.82) is 0 Å². The Hall–Kier alpha value is -6.20. The number of carbonyl (C=O) groups is 1. The molecule has 328 valence electrons. The predicted molar refractivity (Wildman–Crippen MR) is 243 cm³/mol.